The molecule has 84 valence electrons. The SMILES string of the molecule is Cc1cccc(C(=O)C/C=N/NC(N)=O)c1. The second-order valence-corrected chi connectivity index (χ2v) is 3.28. The highest BCUT2D eigenvalue weighted by atomic mass is 16.2. The van der Waals surface area contributed by atoms with E-state index < -0.39 is 6.03 Å². The Hall–Kier alpha value is -2.17. The molecule has 0 saturated carbocycles. The van der Waals surface area contributed by atoms with Crippen LogP contribution >= 0.6 is 0 Å². The lowest BCUT2D eigenvalue weighted by Gasteiger charge is -1.98. The fourth-order valence-corrected chi connectivity index (χ4v) is 1.17. The van der Waals surface area contributed by atoms with Gasteiger partial charge in [0.1, 0.15) is 0 Å². The molecule has 16 heavy (non-hydrogen) atoms. The number of nitrogens with zero attached hydrogens (tertiary/aromatic N) is 1. The highest BCUT2D eigenvalue weighted by Gasteiger charge is 2.03. The van der Waals surface area contributed by atoms with Crippen LogP contribution in [0.3, 0.4) is 0 Å². The first-order chi connectivity index (χ1) is 7.59. The number of nitrogens with one attached hydrogen (secondary N) is 1. The number of rotatable bonds is 4. The van der Waals surface area contributed by atoms with Gasteiger partial charge in [0.2, 0.25) is 0 Å². The minimum atomic E-state index is -0.751. The van der Waals surface area contributed by atoms with Gasteiger partial charge in [0.05, 0.1) is 0 Å². The van der Waals surface area contributed by atoms with Gasteiger partial charge in [0, 0.05) is 18.2 Å². The Labute approximate surface area is 93.3 Å². The van der Waals surface area contributed by atoms with E-state index in [4.69, 9.17) is 5.73 Å². The highest BCUT2D eigenvalue weighted by molar-refractivity contribution is 6.03. The Morgan fingerprint density at radius 1 is 1.50 bits per heavy atom. The Kier molecular flexibility index (Phi) is 4.20. The maximum absolute atomic E-state index is 11.6. The quantitative estimate of drug-likeness (QED) is 0.453. The van der Waals surface area contributed by atoms with E-state index in [1.54, 1.807) is 12.1 Å². The fourth-order valence-electron chi connectivity index (χ4n) is 1.17. The third-order valence-corrected chi connectivity index (χ3v) is 1.88. The molecule has 0 unspecified atom stereocenters. The molecule has 0 saturated heterocycles. The van der Waals surface area contributed by atoms with Crippen LogP contribution in [-0.2, 0) is 0 Å². The third kappa shape index (κ3) is 3.91. The second-order valence-electron chi connectivity index (χ2n) is 3.28. The summed E-state index contributed by atoms with van der Waals surface area (Å²) in [4.78, 5) is 21.9. The first-order valence-electron chi connectivity index (χ1n) is 4.76. The number of ketones is 1. The van der Waals surface area contributed by atoms with E-state index in [1.165, 1.54) is 6.21 Å². The van der Waals surface area contributed by atoms with E-state index in [2.05, 4.69) is 5.10 Å². The zero-order valence-corrected chi connectivity index (χ0v) is 8.93. The Morgan fingerprint density at radius 3 is 2.88 bits per heavy atom. The van der Waals surface area contributed by atoms with Crippen molar-refractivity contribution in [3.63, 3.8) is 0 Å². The van der Waals surface area contributed by atoms with E-state index in [0.717, 1.165) is 5.56 Å². The number of amides is 2. The van der Waals surface area contributed by atoms with Crippen molar-refractivity contribution < 1.29 is 9.59 Å². The topological polar surface area (TPSA) is 84.6 Å². The lowest BCUT2D eigenvalue weighted by molar-refractivity contribution is 0.100. The van der Waals surface area contributed by atoms with Crippen LogP contribution in [0.4, 0.5) is 4.79 Å². The fraction of sp³-hybridized carbons (Fsp3) is 0.182. The number of urea groups is 1. The van der Waals surface area contributed by atoms with Crippen LogP contribution in [0.15, 0.2) is 29.4 Å². The maximum Gasteiger partial charge on any atom is 0.332 e. The van der Waals surface area contributed by atoms with Crippen LogP contribution in [0.5, 0.6) is 0 Å². The molecule has 0 fully saturated rings. The van der Waals surface area contributed by atoms with Gasteiger partial charge in [-0.2, -0.15) is 5.10 Å². The minimum Gasteiger partial charge on any atom is -0.350 e. The molecule has 2 amide bonds. The monoisotopic (exact) mass is 219 g/mol. The lowest BCUT2D eigenvalue weighted by atomic mass is 10.1. The van der Waals surface area contributed by atoms with Gasteiger partial charge in [-0.1, -0.05) is 23.8 Å². The maximum atomic E-state index is 11.6. The number of nitrogens with two attached hydrogens (primary N) is 1. The molecule has 1 aromatic carbocycles. The summed E-state index contributed by atoms with van der Waals surface area (Å²) in [6.45, 7) is 1.92. The normalized spacial score (nSPS) is 10.3. The number of hydrogen-bond donors (Lipinski definition) is 2. The summed E-state index contributed by atoms with van der Waals surface area (Å²) in [5.74, 6) is -0.0567. The van der Waals surface area contributed by atoms with Crippen molar-refractivity contribution in [2.75, 3.05) is 0 Å². The molecule has 5 heteroatoms. The predicted molar refractivity (Wildman–Crippen MR) is 61.3 cm³/mol. The van der Waals surface area contributed by atoms with Gasteiger partial charge in [-0.25, -0.2) is 10.2 Å². The van der Waals surface area contributed by atoms with Crippen molar-refractivity contribution in [1.82, 2.24) is 5.43 Å². The number of hydrogen-bond acceptors (Lipinski definition) is 3. The molecule has 0 spiro atoms. The third-order valence-electron chi connectivity index (χ3n) is 1.88. The largest absolute Gasteiger partial charge is 0.350 e. The molecule has 0 aliphatic rings. The van der Waals surface area contributed by atoms with Crippen LogP contribution in [0.2, 0.25) is 0 Å². The molecule has 0 heterocycles. The van der Waals surface area contributed by atoms with Crippen molar-refractivity contribution >= 4 is 18.0 Å². The molecule has 0 radical (unpaired) electrons. The predicted octanol–water partition coefficient (Wildman–Crippen LogP) is 1.22. The smallest absolute Gasteiger partial charge is 0.332 e. The zero-order valence-electron chi connectivity index (χ0n) is 8.93. The van der Waals surface area contributed by atoms with Gasteiger partial charge in [-0.05, 0) is 13.0 Å². The van der Waals surface area contributed by atoms with E-state index in [1.807, 2.05) is 24.5 Å². The highest BCUT2D eigenvalue weighted by Crippen LogP contribution is 2.05. The number of carbonyl (C=O) groups is 2. The van der Waals surface area contributed by atoms with Gasteiger partial charge in [0.15, 0.2) is 5.78 Å². The van der Waals surface area contributed by atoms with Crippen LogP contribution in [0.25, 0.3) is 0 Å². The molecule has 3 N–H and O–H groups in total. The zero-order chi connectivity index (χ0) is 12.0. The van der Waals surface area contributed by atoms with Crippen LogP contribution in [0, 0.1) is 6.92 Å². The number of carbonyl (C=O) groups excluding carboxylic acids is 2. The summed E-state index contributed by atoms with van der Waals surface area (Å²) in [6, 6.07) is 6.53. The van der Waals surface area contributed by atoms with Crippen LogP contribution in [0.1, 0.15) is 22.3 Å². The second kappa shape index (κ2) is 5.65. The minimum absolute atomic E-state index is 0.0567. The summed E-state index contributed by atoms with van der Waals surface area (Å²) in [5, 5.41) is 3.49. The Bertz CT molecular complexity index is 427. The van der Waals surface area contributed by atoms with Gasteiger partial charge in [-0.15, -0.1) is 0 Å². The van der Waals surface area contributed by atoms with Crippen molar-refractivity contribution in [3.8, 4) is 0 Å². The molecule has 1 rings (SSSR count). The molecule has 5 nitrogen and oxygen atoms in total. The van der Waals surface area contributed by atoms with Gasteiger partial charge in [-0.3, -0.25) is 4.79 Å². The molecule has 0 bridgehead atoms. The van der Waals surface area contributed by atoms with E-state index in [9.17, 15) is 9.59 Å². The average Bonchev–Trinajstić information content (AvgIpc) is 2.24. The summed E-state index contributed by atoms with van der Waals surface area (Å²) < 4.78 is 0. The molecular weight excluding hydrogens is 206 g/mol. The van der Waals surface area contributed by atoms with Crippen molar-refractivity contribution in [2.45, 2.75) is 13.3 Å². The number of benzene rings is 1. The van der Waals surface area contributed by atoms with E-state index in [0.29, 0.717) is 5.56 Å². The van der Waals surface area contributed by atoms with Crippen molar-refractivity contribution in [2.24, 2.45) is 10.8 Å². The summed E-state index contributed by atoms with van der Waals surface area (Å²) in [7, 11) is 0. The molecule has 0 aromatic heterocycles. The van der Waals surface area contributed by atoms with Crippen molar-refractivity contribution in [3.05, 3.63) is 35.4 Å². The first-order valence-corrected chi connectivity index (χ1v) is 4.76. The summed E-state index contributed by atoms with van der Waals surface area (Å²) in [6.07, 6.45) is 1.44. The Morgan fingerprint density at radius 2 is 2.25 bits per heavy atom. The van der Waals surface area contributed by atoms with Gasteiger partial charge in [0.25, 0.3) is 0 Å². The molecular formula is C11H13N3O2. The molecule has 0 atom stereocenters. The van der Waals surface area contributed by atoms with Crippen LogP contribution < -0.4 is 11.2 Å². The number of primary amides is 1. The number of hydrazone groups is 1. The van der Waals surface area contributed by atoms with Gasteiger partial charge < -0.3 is 5.73 Å². The molecule has 1 aromatic rings. The summed E-state index contributed by atoms with van der Waals surface area (Å²) in [5.41, 5.74) is 8.47. The Balaban J connectivity index is 2.53. The average molecular weight is 219 g/mol. The van der Waals surface area contributed by atoms with E-state index in [-0.39, 0.29) is 12.2 Å². The van der Waals surface area contributed by atoms with E-state index >= 15 is 0 Å². The molecule has 0 aliphatic carbocycles. The molecule has 0 aliphatic heterocycles. The van der Waals surface area contributed by atoms with Crippen molar-refractivity contribution in [1.29, 1.82) is 0 Å². The standard InChI is InChI=1S/C11H13N3O2/c1-8-3-2-4-9(7-8)10(15)5-6-13-14-11(12)16/h2-4,6-7H,5H2,1H3,(H3,12,14,16)/b13-6+. The number of Topliss-reactive ketones (excluding diaryl/α,β-unsaturated/α-hetero) is 1. The lowest BCUT2D eigenvalue weighted by Crippen LogP contribution is -2.24. The first kappa shape index (κ1) is 11.9. The summed E-state index contributed by atoms with van der Waals surface area (Å²) >= 11 is 0. The van der Waals surface area contributed by atoms with Crippen LogP contribution in [-0.4, -0.2) is 18.0 Å². The number of aryl methyl sites for hydroxylation is 1. The van der Waals surface area contributed by atoms with Gasteiger partial charge >= 0.3 is 6.03 Å².